The first-order valence-corrected chi connectivity index (χ1v) is 8.04. The Morgan fingerprint density at radius 3 is 2.64 bits per heavy atom. The Kier molecular flexibility index (Phi) is 3.95. The van der Waals surface area contributed by atoms with E-state index in [1.807, 2.05) is 12.1 Å². The summed E-state index contributed by atoms with van der Waals surface area (Å²) in [6.07, 6.45) is 4.74. The zero-order valence-electron chi connectivity index (χ0n) is 13.6. The van der Waals surface area contributed by atoms with Crippen molar-refractivity contribution in [2.24, 2.45) is 5.73 Å². The zero-order valence-corrected chi connectivity index (χ0v) is 13.6. The van der Waals surface area contributed by atoms with Crippen LogP contribution in [0, 0.1) is 0 Å². The normalized spacial score (nSPS) is 14.6. The van der Waals surface area contributed by atoms with Gasteiger partial charge in [-0.3, -0.25) is 9.20 Å². The maximum absolute atomic E-state index is 11.5. The van der Waals surface area contributed by atoms with Crippen LogP contribution < -0.4 is 16.0 Å². The van der Waals surface area contributed by atoms with Crippen LogP contribution in [0.3, 0.4) is 0 Å². The maximum atomic E-state index is 11.5. The van der Waals surface area contributed by atoms with Gasteiger partial charge in [-0.2, -0.15) is 0 Å². The second-order valence-electron chi connectivity index (χ2n) is 5.75. The van der Waals surface area contributed by atoms with Gasteiger partial charge in [0.1, 0.15) is 5.69 Å². The van der Waals surface area contributed by atoms with Crippen LogP contribution in [-0.4, -0.2) is 46.6 Å². The van der Waals surface area contributed by atoms with Crippen LogP contribution in [0.2, 0.25) is 0 Å². The number of hydrogen-bond acceptors (Lipinski definition) is 6. The molecule has 1 aliphatic rings. The molecule has 3 aromatic rings. The van der Waals surface area contributed by atoms with Crippen molar-refractivity contribution in [3.8, 4) is 0 Å². The summed E-state index contributed by atoms with van der Waals surface area (Å²) in [5.41, 5.74) is 8.26. The molecule has 8 nitrogen and oxygen atoms in total. The van der Waals surface area contributed by atoms with Gasteiger partial charge in [-0.15, -0.1) is 0 Å². The average molecular weight is 338 g/mol. The first-order chi connectivity index (χ1) is 12.2. The van der Waals surface area contributed by atoms with Crippen LogP contribution in [0.5, 0.6) is 0 Å². The molecular formula is C17H18N6O2. The second kappa shape index (κ2) is 6.40. The Morgan fingerprint density at radius 1 is 1.16 bits per heavy atom. The Bertz CT molecular complexity index is 899. The molecule has 0 unspecified atom stereocenters. The molecule has 25 heavy (non-hydrogen) atoms. The highest BCUT2D eigenvalue weighted by Gasteiger charge is 2.13. The van der Waals surface area contributed by atoms with Crippen molar-refractivity contribution in [2.75, 3.05) is 36.5 Å². The summed E-state index contributed by atoms with van der Waals surface area (Å²) in [7, 11) is 0. The van der Waals surface area contributed by atoms with Gasteiger partial charge in [-0.05, 0) is 24.3 Å². The molecule has 3 heterocycles. The molecule has 0 bridgehead atoms. The number of primary amides is 1. The zero-order chi connectivity index (χ0) is 17.2. The average Bonchev–Trinajstić information content (AvgIpc) is 3.13. The van der Waals surface area contributed by atoms with E-state index in [0.717, 1.165) is 37.7 Å². The Labute approximate surface area is 144 Å². The SMILES string of the molecule is NC(=O)c1cnc(Nc2ccc(N3CCOCC3)cc2)c2nccn12. The van der Waals surface area contributed by atoms with E-state index in [0.29, 0.717) is 17.2 Å². The minimum atomic E-state index is -0.545. The van der Waals surface area contributed by atoms with E-state index in [2.05, 4.69) is 32.3 Å². The molecule has 0 saturated carbocycles. The summed E-state index contributed by atoms with van der Waals surface area (Å²) in [6, 6.07) is 8.12. The molecule has 4 rings (SSSR count). The maximum Gasteiger partial charge on any atom is 0.267 e. The van der Waals surface area contributed by atoms with E-state index in [-0.39, 0.29) is 0 Å². The lowest BCUT2D eigenvalue weighted by atomic mass is 10.2. The molecule has 8 heteroatoms. The van der Waals surface area contributed by atoms with Crippen molar-refractivity contribution in [3.05, 3.63) is 48.5 Å². The van der Waals surface area contributed by atoms with Crippen molar-refractivity contribution in [2.45, 2.75) is 0 Å². The Hall–Kier alpha value is -3.13. The summed E-state index contributed by atoms with van der Waals surface area (Å²) in [5.74, 6) is 0.0195. The van der Waals surface area contributed by atoms with Gasteiger partial charge in [0, 0.05) is 36.9 Å². The molecule has 0 aliphatic carbocycles. The van der Waals surface area contributed by atoms with Crippen LogP contribution in [0.15, 0.2) is 42.9 Å². The molecule has 128 valence electrons. The van der Waals surface area contributed by atoms with Gasteiger partial charge in [0.2, 0.25) is 0 Å². The van der Waals surface area contributed by atoms with Gasteiger partial charge in [0.25, 0.3) is 5.91 Å². The van der Waals surface area contributed by atoms with Gasteiger partial charge in [-0.1, -0.05) is 0 Å². The van der Waals surface area contributed by atoms with Gasteiger partial charge in [0.15, 0.2) is 11.5 Å². The summed E-state index contributed by atoms with van der Waals surface area (Å²) in [6.45, 7) is 3.32. The minimum Gasteiger partial charge on any atom is -0.378 e. The number of nitrogens with one attached hydrogen (secondary N) is 1. The lowest BCUT2D eigenvalue weighted by Crippen LogP contribution is -2.36. The lowest BCUT2D eigenvalue weighted by molar-refractivity contribution is 0.0994. The number of rotatable bonds is 4. The minimum absolute atomic E-state index is 0.292. The van der Waals surface area contributed by atoms with Crippen molar-refractivity contribution < 1.29 is 9.53 Å². The molecule has 0 radical (unpaired) electrons. The standard InChI is InChI=1S/C17H18N6O2/c18-15(24)14-11-20-16(17-19-5-6-23(14)17)21-12-1-3-13(4-2-12)22-7-9-25-10-8-22/h1-6,11H,7-10H2,(H2,18,24)(H,20,21). The molecule has 1 amide bonds. The number of nitrogens with two attached hydrogens (primary N) is 1. The van der Waals surface area contributed by atoms with E-state index in [4.69, 9.17) is 10.5 Å². The first-order valence-electron chi connectivity index (χ1n) is 8.04. The molecule has 1 saturated heterocycles. The molecule has 0 atom stereocenters. The number of amides is 1. The third kappa shape index (κ3) is 2.99. The van der Waals surface area contributed by atoms with Crippen LogP contribution in [0.1, 0.15) is 10.5 Å². The number of imidazole rings is 1. The number of morpholine rings is 1. The van der Waals surface area contributed by atoms with Crippen molar-refractivity contribution in [3.63, 3.8) is 0 Å². The van der Waals surface area contributed by atoms with Gasteiger partial charge in [0.05, 0.1) is 19.4 Å². The Balaban J connectivity index is 1.58. The molecule has 2 aromatic heterocycles. The number of ether oxygens (including phenoxy) is 1. The number of aromatic nitrogens is 3. The molecule has 3 N–H and O–H groups in total. The van der Waals surface area contributed by atoms with E-state index >= 15 is 0 Å². The molecule has 0 spiro atoms. The van der Waals surface area contributed by atoms with E-state index in [1.54, 1.807) is 16.8 Å². The number of benzene rings is 1. The Morgan fingerprint density at radius 2 is 1.92 bits per heavy atom. The summed E-state index contributed by atoms with van der Waals surface area (Å²) in [5, 5.41) is 3.24. The number of hydrogen-bond donors (Lipinski definition) is 2. The lowest BCUT2D eigenvalue weighted by Gasteiger charge is -2.28. The van der Waals surface area contributed by atoms with Crippen molar-refractivity contribution in [1.82, 2.24) is 14.4 Å². The predicted molar refractivity (Wildman–Crippen MR) is 94.3 cm³/mol. The van der Waals surface area contributed by atoms with Crippen molar-refractivity contribution in [1.29, 1.82) is 0 Å². The number of fused-ring (bicyclic) bond motifs is 1. The molecular weight excluding hydrogens is 320 g/mol. The number of carbonyl (C=O) groups is 1. The molecule has 1 aromatic carbocycles. The van der Waals surface area contributed by atoms with Crippen LogP contribution >= 0.6 is 0 Å². The second-order valence-corrected chi connectivity index (χ2v) is 5.75. The van der Waals surface area contributed by atoms with Gasteiger partial charge < -0.3 is 20.7 Å². The topological polar surface area (TPSA) is 97.8 Å². The number of nitrogens with zero attached hydrogens (tertiary/aromatic N) is 4. The highest BCUT2D eigenvalue weighted by Crippen LogP contribution is 2.23. The summed E-state index contributed by atoms with van der Waals surface area (Å²) in [4.78, 5) is 22.3. The number of anilines is 3. The monoisotopic (exact) mass is 338 g/mol. The summed E-state index contributed by atoms with van der Waals surface area (Å²) < 4.78 is 7.00. The molecule has 1 fully saturated rings. The van der Waals surface area contributed by atoms with Crippen LogP contribution in [0.25, 0.3) is 5.65 Å². The third-order valence-corrected chi connectivity index (χ3v) is 4.19. The van der Waals surface area contributed by atoms with E-state index < -0.39 is 5.91 Å². The molecule has 1 aliphatic heterocycles. The quantitative estimate of drug-likeness (QED) is 0.746. The van der Waals surface area contributed by atoms with Gasteiger partial charge in [-0.25, -0.2) is 9.97 Å². The fraction of sp³-hybridized carbons (Fsp3) is 0.235. The third-order valence-electron chi connectivity index (χ3n) is 4.19. The fourth-order valence-electron chi connectivity index (χ4n) is 2.90. The van der Waals surface area contributed by atoms with E-state index in [9.17, 15) is 4.79 Å². The highest BCUT2D eigenvalue weighted by atomic mass is 16.5. The predicted octanol–water partition coefficient (Wildman–Crippen LogP) is 1.41. The van der Waals surface area contributed by atoms with Crippen molar-refractivity contribution >= 4 is 28.7 Å². The smallest absolute Gasteiger partial charge is 0.267 e. The largest absolute Gasteiger partial charge is 0.378 e. The summed E-state index contributed by atoms with van der Waals surface area (Å²) >= 11 is 0. The van der Waals surface area contributed by atoms with E-state index in [1.165, 1.54) is 6.20 Å². The fourth-order valence-corrected chi connectivity index (χ4v) is 2.90. The first kappa shape index (κ1) is 15.4. The van der Waals surface area contributed by atoms with Crippen LogP contribution in [-0.2, 0) is 4.74 Å². The highest BCUT2D eigenvalue weighted by molar-refractivity contribution is 5.92. The van der Waals surface area contributed by atoms with Crippen LogP contribution in [0.4, 0.5) is 17.2 Å². The number of carbonyl (C=O) groups excluding carboxylic acids is 1. The van der Waals surface area contributed by atoms with Gasteiger partial charge >= 0.3 is 0 Å².